The molecule has 0 aliphatic heterocycles. The van der Waals surface area contributed by atoms with Crippen LogP contribution in [0.5, 0.6) is 0 Å². The largest absolute Gasteiger partial charge is 0.382 e. The number of benzene rings is 2. The molecule has 0 amide bonds. The summed E-state index contributed by atoms with van der Waals surface area (Å²) in [5, 5.41) is 16.0. The number of fused-ring (bicyclic) bond motifs is 2. The van der Waals surface area contributed by atoms with E-state index >= 15 is 0 Å². The van der Waals surface area contributed by atoms with Crippen LogP contribution in [0.15, 0.2) is 42.6 Å². The summed E-state index contributed by atoms with van der Waals surface area (Å²) in [5.74, 6) is 0.524. The molecule has 0 aliphatic carbocycles. The number of nitrogens with one attached hydrogen (secondary N) is 2. The number of nitrogen functional groups attached to an aromatic ring is 1. The van der Waals surface area contributed by atoms with Crippen LogP contribution in [0, 0.1) is 0 Å². The van der Waals surface area contributed by atoms with E-state index in [4.69, 9.17) is 5.73 Å². The fourth-order valence-corrected chi connectivity index (χ4v) is 2.42. The van der Waals surface area contributed by atoms with Crippen LogP contribution in [0.2, 0.25) is 0 Å². The van der Waals surface area contributed by atoms with E-state index in [2.05, 4.69) is 38.6 Å². The first-order valence-corrected chi connectivity index (χ1v) is 5.99. The highest BCUT2D eigenvalue weighted by Crippen LogP contribution is 2.30. The minimum atomic E-state index is 0.524. The molecule has 5 heteroatoms. The molecule has 2 aromatic carbocycles. The Kier molecular flexibility index (Phi) is 1.91. The normalized spacial score (nSPS) is 11.4. The van der Waals surface area contributed by atoms with Crippen molar-refractivity contribution in [1.82, 2.24) is 20.4 Å². The summed E-state index contributed by atoms with van der Waals surface area (Å²) in [7, 11) is 0. The first-order chi connectivity index (χ1) is 9.33. The summed E-state index contributed by atoms with van der Waals surface area (Å²) in [6.45, 7) is 0. The third-order valence-electron chi connectivity index (χ3n) is 3.39. The predicted molar refractivity (Wildman–Crippen MR) is 75.6 cm³/mol. The van der Waals surface area contributed by atoms with Crippen LogP contribution in [0.4, 0.5) is 5.82 Å². The lowest BCUT2D eigenvalue weighted by Gasteiger charge is -2.03. The molecule has 2 aromatic heterocycles. The Hall–Kier alpha value is -2.82. The van der Waals surface area contributed by atoms with Gasteiger partial charge >= 0.3 is 0 Å². The van der Waals surface area contributed by atoms with Crippen molar-refractivity contribution in [1.29, 1.82) is 0 Å². The fraction of sp³-hybridized carbons (Fsp3) is 0. The van der Waals surface area contributed by atoms with E-state index in [9.17, 15) is 0 Å². The molecule has 0 saturated heterocycles. The van der Waals surface area contributed by atoms with Gasteiger partial charge in [-0.1, -0.05) is 18.2 Å². The topological polar surface area (TPSA) is 83.4 Å². The molecular weight excluding hydrogens is 238 g/mol. The third-order valence-corrected chi connectivity index (χ3v) is 3.39. The van der Waals surface area contributed by atoms with Crippen molar-refractivity contribution in [3.63, 3.8) is 0 Å². The maximum Gasteiger partial charge on any atom is 0.153 e. The summed E-state index contributed by atoms with van der Waals surface area (Å²) in [5.41, 5.74) is 10.1. The van der Waals surface area contributed by atoms with Crippen LogP contribution in [0.3, 0.4) is 0 Å². The van der Waals surface area contributed by atoms with E-state index in [-0.39, 0.29) is 0 Å². The number of aromatic amines is 2. The van der Waals surface area contributed by atoms with Crippen molar-refractivity contribution >= 4 is 27.6 Å². The van der Waals surface area contributed by atoms with Crippen LogP contribution >= 0.6 is 0 Å². The first kappa shape index (κ1) is 10.1. The lowest BCUT2D eigenvalue weighted by molar-refractivity contribution is 1.12. The highest BCUT2D eigenvalue weighted by molar-refractivity contribution is 5.98. The van der Waals surface area contributed by atoms with E-state index in [1.54, 1.807) is 0 Å². The Morgan fingerprint density at radius 1 is 0.947 bits per heavy atom. The van der Waals surface area contributed by atoms with Crippen molar-refractivity contribution < 1.29 is 0 Å². The van der Waals surface area contributed by atoms with E-state index in [0.29, 0.717) is 5.82 Å². The molecule has 0 atom stereocenters. The van der Waals surface area contributed by atoms with Gasteiger partial charge in [-0.2, -0.15) is 10.2 Å². The zero-order valence-corrected chi connectivity index (χ0v) is 10.0. The zero-order valence-electron chi connectivity index (χ0n) is 10.0. The minimum Gasteiger partial charge on any atom is -0.382 e. The zero-order chi connectivity index (χ0) is 12.8. The second kappa shape index (κ2) is 3.58. The summed E-state index contributed by atoms with van der Waals surface area (Å²) < 4.78 is 0. The Morgan fingerprint density at radius 3 is 2.79 bits per heavy atom. The second-order valence-electron chi connectivity index (χ2n) is 4.51. The molecule has 2 heterocycles. The van der Waals surface area contributed by atoms with Gasteiger partial charge in [0.05, 0.1) is 17.2 Å². The molecule has 0 bridgehead atoms. The van der Waals surface area contributed by atoms with E-state index in [0.717, 1.165) is 32.9 Å². The standard InChI is InChI=1S/C14H11N5/c15-14-10-6-8(4-5-13(10)18-19-14)9-2-1-3-12-11(9)7-16-17-12/h1-7H,(H,16,17)(H3,15,18,19). The quantitative estimate of drug-likeness (QED) is 0.485. The Bertz CT molecular complexity index is 887. The number of rotatable bonds is 1. The van der Waals surface area contributed by atoms with Gasteiger partial charge in [-0.25, -0.2) is 0 Å². The molecule has 92 valence electrons. The maximum absolute atomic E-state index is 5.85. The van der Waals surface area contributed by atoms with Crippen molar-refractivity contribution in [3.8, 4) is 11.1 Å². The van der Waals surface area contributed by atoms with Gasteiger partial charge in [0.1, 0.15) is 0 Å². The number of anilines is 1. The molecule has 4 aromatic rings. The van der Waals surface area contributed by atoms with Gasteiger partial charge in [0.25, 0.3) is 0 Å². The van der Waals surface area contributed by atoms with Crippen LogP contribution < -0.4 is 5.73 Å². The van der Waals surface area contributed by atoms with E-state index in [1.807, 2.05) is 24.4 Å². The average Bonchev–Trinajstić information content (AvgIpc) is 3.05. The van der Waals surface area contributed by atoms with Crippen LogP contribution in [0.25, 0.3) is 32.9 Å². The van der Waals surface area contributed by atoms with Crippen LogP contribution in [-0.4, -0.2) is 20.4 Å². The number of H-pyrrole nitrogens is 2. The van der Waals surface area contributed by atoms with Gasteiger partial charge in [0, 0.05) is 10.8 Å². The maximum atomic E-state index is 5.85. The number of nitrogens with zero attached hydrogens (tertiary/aromatic N) is 2. The van der Waals surface area contributed by atoms with Crippen LogP contribution in [0.1, 0.15) is 0 Å². The van der Waals surface area contributed by atoms with Gasteiger partial charge in [0.2, 0.25) is 0 Å². The van der Waals surface area contributed by atoms with Crippen molar-refractivity contribution in [2.24, 2.45) is 0 Å². The Morgan fingerprint density at radius 2 is 1.84 bits per heavy atom. The molecule has 0 aliphatic rings. The lowest BCUT2D eigenvalue weighted by Crippen LogP contribution is -1.84. The first-order valence-electron chi connectivity index (χ1n) is 5.99. The number of hydrogen-bond donors (Lipinski definition) is 3. The third kappa shape index (κ3) is 1.41. The molecule has 19 heavy (non-hydrogen) atoms. The summed E-state index contributed by atoms with van der Waals surface area (Å²) in [6, 6.07) is 12.2. The predicted octanol–water partition coefficient (Wildman–Crippen LogP) is 2.69. The minimum absolute atomic E-state index is 0.524. The van der Waals surface area contributed by atoms with Crippen LogP contribution in [-0.2, 0) is 0 Å². The SMILES string of the molecule is Nc1n[nH]c2ccc(-c3cccc4[nH]ncc34)cc12. The number of nitrogens with two attached hydrogens (primary N) is 1. The average molecular weight is 249 g/mol. The molecule has 5 nitrogen and oxygen atoms in total. The lowest BCUT2D eigenvalue weighted by atomic mass is 10.0. The highest BCUT2D eigenvalue weighted by Gasteiger charge is 2.08. The second-order valence-corrected chi connectivity index (χ2v) is 4.51. The van der Waals surface area contributed by atoms with Gasteiger partial charge in [-0.05, 0) is 29.3 Å². The van der Waals surface area contributed by atoms with Gasteiger partial charge in [0.15, 0.2) is 5.82 Å². The van der Waals surface area contributed by atoms with Gasteiger partial charge in [-0.15, -0.1) is 0 Å². The summed E-state index contributed by atoms with van der Waals surface area (Å²) in [4.78, 5) is 0. The monoisotopic (exact) mass is 249 g/mol. The van der Waals surface area contributed by atoms with Gasteiger partial charge < -0.3 is 5.73 Å². The molecule has 0 radical (unpaired) electrons. The molecule has 0 spiro atoms. The van der Waals surface area contributed by atoms with E-state index in [1.165, 1.54) is 0 Å². The molecule has 0 saturated carbocycles. The van der Waals surface area contributed by atoms with Crippen molar-refractivity contribution in [2.45, 2.75) is 0 Å². The molecule has 4 rings (SSSR count). The van der Waals surface area contributed by atoms with Crippen molar-refractivity contribution in [2.75, 3.05) is 5.73 Å². The number of aromatic nitrogens is 4. The summed E-state index contributed by atoms with van der Waals surface area (Å²) in [6.07, 6.45) is 1.84. The van der Waals surface area contributed by atoms with Gasteiger partial charge in [-0.3, -0.25) is 10.2 Å². The summed E-state index contributed by atoms with van der Waals surface area (Å²) >= 11 is 0. The smallest absolute Gasteiger partial charge is 0.153 e. The number of hydrogen-bond acceptors (Lipinski definition) is 3. The molecule has 0 unspecified atom stereocenters. The highest BCUT2D eigenvalue weighted by atomic mass is 15.1. The molecular formula is C14H11N5. The fourth-order valence-electron chi connectivity index (χ4n) is 2.42. The van der Waals surface area contributed by atoms with E-state index < -0.39 is 0 Å². The Balaban J connectivity index is 2.03. The molecule has 0 fully saturated rings. The van der Waals surface area contributed by atoms with Crippen molar-refractivity contribution in [3.05, 3.63) is 42.6 Å². The molecule has 4 N–H and O–H groups in total. The Labute approximate surface area is 108 Å².